The molecule has 0 unspecified atom stereocenters. The molecule has 1 aliphatic rings. The van der Waals surface area contributed by atoms with Gasteiger partial charge in [-0.15, -0.1) is 0 Å². The maximum atomic E-state index is 12.3. The van der Waals surface area contributed by atoms with Gasteiger partial charge in [0.25, 0.3) is 5.91 Å². The number of carbonyl (C=O) groups is 1. The van der Waals surface area contributed by atoms with Crippen molar-refractivity contribution in [3.63, 3.8) is 0 Å². The number of nitrogens with one attached hydrogen (secondary N) is 1. The van der Waals surface area contributed by atoms with Crippen LogP contribution in [0.4, 0.5) is 5.69 Å². The van der Waals surface area contributed by atoms with E-state index in [2.05, 4.69) is 21.2 Å². The average molecular weight is 482 g/mol. The van der Waals surface area contributed by atoms with Crippen LogP contribution in [0.3, 0.4) is 0 Å². The molecular formula is C26H28BrNO3. The summed E-state index contributed by atoms with van der Waals surface area (Å²) >= 11 is 3.58. The van der Waals surface area contributed by atoms with Crippen molar-refractivity contribution in [3.8, 4) is 11.5 Å². The fourth-order valence-electron chi connectivity index (χ4n) is 4.12. The minimum Gasteiger partial charge on any atom is -0.494 e. The van der Waals surface area contributed by atoms with Gasteiger partial charge in [0.1, 0.15) is 11.5 Å². The van der Waals surface area contributed by atoms with Crippen molar-refractivity contribution in [1.82, 2.24) is 0 Å². The zero-order valence-electron chi connectivity index (χ0n) is 17.6. The van der Waals surface area contributed by atoms with E-state index in [1.807, 2.05) is 60.7 Å². The van der Waals surface area contributed by atoms with E-state index >= 15 is 0 Å². The van der Waals surface area contributed by atoms with Crippen LogP contribution in [0.5, 0.6) is 11.5 Å². The van der Waals surface area contributed by atoms with E-state index in [4.69, 9.17) is 9.47 Å². The first-order valence-electron chi connectivity index (χ1n) is 11.0. The summed E-state index contributed by atoms with van der Waals surface area (Å²) in [4.78, 5) is 12.3. The maximum absolute atomic E-state index is 12.3. The maximum Gasteiger partial charge on any atom is 0.262 e. The van der Waals surface area contributed by atoms with Crippen molar-refractivity contribution in [1.29, 1.82) is 0 Å². The summed E-state index contributed by atoms with van der Waals surface area (Å²) in [6.07, 6.45) is 7.91. The van der Waals surface area contributed by atoms with Gasteiger partial charge in [-0.1, -0.05) is 62.4 Å². The molecule has 1 amide bonds. The predicted molar refractivity (Wildman–Crippen MR) is 129 cm³/mol. The second-order valence-electron chi connectivity index (χ2n) is 8.10. The quantitative estimate of drug-likeness (QED) is 0.377. The number of halogens is 1. The Hall–Kier alpha value is -2.53. The molecule has 0 heterocycles. The topological polar surface area (TPSA) is 47.6 Å². The summed E-state index contributed by atoms with van der Waals surface area (Å²) in [7, 11) is 0. The van der Waals surface area contributed by atoms with Gasteiger partial charge >= 0.3 is 0 Å². The third kappa shape index (κ3) is 6.01. The summed E-state index contributed by atoms with van der Waals surface area (Å²) in [5.41, 5.74) is 0.728. The summed E-state index contributed by atoms with van der Waals surface area (Å²) in [5, 5.41) is 5.04. The van der Waals surface area contributed by atoms with Crippen LogP contribution in [0.1, 0.15) is 38.5 Å². The van der Waals surface area contributed by atoms with E-state index in [-0.39, 0.29) is 12.5 Å². The standard InChI is InChI=1S/C26H28BrNO3/c27-26-23-9-5-4-8-20(23)10-15-24(26)31-18-25(29)28-21-11-13-22(14-12-21)30-17-16-19-6-2-1-3-7-19/h4-5,8-15,19H,1-3,6-7,16-18H2,(H,28,29). The normalized spacial score (nSPS) is 14.4. The zero-order valence-corrected chi connectivity index (χ0v) is 19.2. The highest BCUT2D eigenvalue weighted by molar-refractivity contribution is 9.10. The van der Waals surface area contributed by atoms with Crippen LogP contribution in [-0.4, -0.2) is 19.1 Å². The first kappa shape index (κ1) is 21.7. The molecule has 4 rings (SSSR count). The lowest BCUT2D eigenvalue weighted by Gasteiger charge is -2.21. The van der Waals surface area contributed by atoms with Gasteiger partial charge in [0.2, 0.25) is 0 Å². The predicted octanol–water partition coefficient (Wildman–Crippen LogP) is 6.97. The van der Waals surface area contributed by atoms with Crippen molar-refractivity contribution in [2.24, 2.45) is 5.92 Å². The lowest BCUT2D eigenvalue weighted by Crippen LogP contribution is -2.20. The van der Waals surface area contributed by atoms with Crippen molar-refractivity contribution in [2.45, 2.75) is 38.5 Å². The third-order valence-corrected chi connectivity index (χ3v) is 6.66. The van der Waals surface area contributed by atoms with Crippen LogP contribution >= 0.6 is 15.9 Å². The Balaban J connectivity index is 1.23. The fraction of sp³-hybridized carbons (Fsp3) is 0.346. The molecule has 1 aliphatic carbocycles. The number of rotatable bonds is 8. The SMILES string of the molecule is O=C(COc1ccc2ccccc2c1Br)Nc1ccc(OCCC2CCCCC2)cc1. The number of anilines is 1. The first-order valence-corrected chi connectivity index (χ1v) is 11.8. The highest BCUT2D eigenvalue weighted by Crippen LogP contribution is 2.33. The Morgan fingerprint density at radius 2 is 1.71 bits per heavy atom. The molecule has 5 heteroatoms. The summed E-state index contributed by atoms with van der Waals surface area (Å²) in [6, 6.07) is 19.4. The number of hydrogen-bond donors (Lipinski definition) is 1. The Labute approximate surface area is 192 Å². The molecule has 4 nitrogen and oxygen atoms in total. The highest BCUT2D eigenvalue weighted by atomic mass is 79.9. The second kappa shape index (κ2) is 10.7. The minimum absolute atomic E-state index is 0.0589. The van der Waals surface area contributed by atoms with Gasteiger partial charge in [-0.25, -0.2) is 0 Å². The second-order valence-corrected chi connectivity index (χ2v) is 8.89. The number of fused-ring (bicyclic) bond motifs is 1. The Morgan fingerprint density at radius 1 is 0.935 bits per heavy atom. The number of carbonyl (C=O) groups excluding carboxylic acids is 1. The van der Waals surface area contributed by atoms with Gasteiger partial charge < -0.3 is 14.8 Å². The van der Waals surface area contributed by atoms with E-state index in [0.717, 1.165) is 45.6 Å². The molecule has 0 bridgehead atoms. The zero-order chi connectivity index (χ0) is 21.5. The van der Waals surface area contributed by atoms with Gasteiger partial charge in [0.15, 0.2) is 6.61 Å². The third-order valence-electron chi connectivity index (χ3n) is 5.84. The lowest BCUT2D eigenvalue weighted by atomic mass is 9.87. The fourth-order valence-corrected chi connectivity index (χ4v) is 4.73. The van der Waals surface area contributed by atoms with E-state index in [0.29, 0.717) is 5.75 Å². The minimum atomic E-state index is -0.203. The van der Waals surface area contributed by atoms with Crippen LogP contribution in [0.2, 0.25) is 0 Å². The molecule has 3 aromatic carbocycles. The van der Waals surface area contributed by atoms with Gasteiger partial charge in [0.05, 0.1) is 11.1 Å². The highest BCUT2D eigenvalue weighted by Gasteiger charge is 2.13. The Bertz CT molecular complexity index is 1010. The number of ether oxygens (including phenoxy) is 2. The summed E-state index contributed by atoms with van der Waals surface area (Å²) in [6.45, 7) is 0.696. The Morgan fingerprint density at radius 3 is 2.52 bits per heavy atom. The monoisotopic (exact) mass is 481 g/mol. The average Bonchev–Trinajstić information content (AvgIpc) is 2.81. The molecule has 0 aromatic heterocycles. The molecule has 0 aliphatic heterocycles. The Kier molecular flexibility index (Phi) is 7.47. The molecule has 1 N–H and O–H groups in total. The molecular weight excluding hydrogens is 454 g/mol. The molecule has 0 saturated heterocycles. The summed E-state index contributed by atoms with van der Waals surface area (Å²) in [5.74, 6) is 2.10. The molecule has 0 atom stereocenters. The molecule has 0 radical (unpaired) electrons. The summed E-state index contributed by atoms with van der Waals surface area (Å²) < 4.78 is 12.5. The molecule has 31 heavy (non-hydrogen) atoms. The smallest absolute Gasteiger partial charge is 0.262 e. The van der Waals surface area contributed by atoms with Crippen LogP contribution < -0.4 is 14.8 Å². The lowest BCUT2D eigenvalue weighted by molar-refractivity contribution is -0.118. The van der Waals surface area contributed by atoms with Gasteiger partial charge in [0, 0.05) is 5.69 Å². The van der Waals surface area contributed by atoms with Crippen LogP contribution in [0.25, 0.3) is 10.8 Å². The number of hydrogen-bond acceptors (Lipinski definition) is 3. The van der Waals surface area contributed by atoms with E-state index < -0.39 is 0 Å². The van der Waals surface area contributed by atoms with Crippen LogP contribution in [0, 0.1) is 5.92 Å². The van der Waals surface area contributed by atoms with Crippen LogP contribution in [-0.2, 0) is 4.79 Å². The largest absolute Gasteiger partial charge is 0.494 e. The van der Waals surface area contributed by atoms with Crippen molar-refractivity contribution < 1.29 is 14.3 Å². The van der Waals surface area contributed by atoms with E-state index in [1.54, 1.807) is 0 Å². The van der Waals surface area contributed by atoms with Crippen LogP contribution in [0.15, 0.2) is 65.1 Å². The van der Waals surface area contributed by atoms with Crippen molar-refractivity contribution in [3.05, 3.63) is 65.1 Å². The molecule has 162 valence electrons. The van der Waals surface area contributed by atoms with Gasteiger partial charge in [-0.05, 0) is 69.4 Å². The molecule has 1 fully saturated rings. The molecule has 3 aromatic rings. The van der Waals surface area contributed by atoms with Crippen molar-refractivity contribution >= 4 is 38.3 Å². The first-order chi connectivity index (χ1) is 15.2. The molecule has 0 spiro atoms. The number of amides is 1. The van der Waals surface area contributed by atoms with E-state index in [1.165, 1.54) is 32.1 Å². The van der Waals surface area contributed by atoms with Crippen molar-refractivity contribution in [2.75, 3.05) is 18.5 Å². The molecule has 1 saturated carbocycles. The van der Waals surface area contributed by atoms with Gasteiger partial charge in [-0.3, -0.25) is 4.79 Å². The van der Waals surface area contributed by atoms with Gasteiger partial charge in [-0.2, -0.15) is 0 Å². The number of benzene rings is 3. The van der Waals surface area contributed by atoms with E-state index in [9.17, 15) is 4.79 Å².